The van der Waals surface area contributed by atoms with Gasteiger partial charge in [-0.05, 0) is 5.56 Å². The minimum absolute atomic E-state index is 0.0438. The van der Waals surface area contributed by atoms with Gasteiger partial charge < -0.3 is 14.0 Å². The Labute approximate surface area is 140 Å². The Bertz CT molecular complexity index is 787. The van der Waals surface area contributed by atoms with Crippen molar-refractivity contribution in [1.82, 2.24) is 19.5 Å². The number of methoxy groups -OCH3 is 1. The Kier molecular flexibility index (Phi) is 6.24. The van der Waals surface area contributed by atoms with E-state index in [-0.39, 0.29) is 12.5 Å². The number of hydrogen-bond donors (Lipinski definition) is 0. The van der Waals surface area contributed by atoms with E-state index < -0.39 is 0 Å². The number of benzene rings is 1. The average molecular weight is 328 g/mol. The number of rotatable bonds is 5. The van der Waals surface area contributed by atoms with Crippen molar-refractivity contribution in [1.29, 1.82) is 0 Å². The van der Waals surface area contributed by atoms with Gasteiger partial charge in [0, 0.05) is 0 Å². The van der Waals surface area contributed by atoms with E-state index in [4.69, 9.17) is 4.74 Å². The van der Waals surface area contributed by atoms with Crippen molar-refractivity contribution in [2.45, 2.75) is 27.0 Å². The molecule has 0 unspecified atom stereocenters. The van der Waals surface area contributed by atoms with Crippen molar-refractivity contribution in [2.75, 3.05) is 7.11 Å². The second-order valence-corrected chi connectivity index (χ2v) is 4.57. The Balaban J connectivity index is 0.00000100. The van der Waals surface area contributed by atoms with Crippen LogP contribution in [0.1, 0.15) is 19.4 Å². The van der Waals surface area contributed by atoms with E-state index in [1.807, 2.05) is 44.2 Å². The van der Waals surface area contributed by atoms with Crippen molar-refractivity contribution in [3.63, 3.8) is 0 Å². The molecule has 0 atom stereocenters. The number of ether oxygens (including phenoxy) is 2. The van der Waals surface area contributed by atoms with Gasteiger partial charge in [-0.2, -0.15) is 4.98 Å². The SMILES string of the molecule is CC.COC(=O)Cn1cnc2c(OCc3ccccc3)ncnc21. The standard InChI is InChI=1S/C15H14N4O3.C2H6/c1-21-12(20)7-19-10-18-13-14(19)16-9-17-15(13)22-8-11-5-3-2-4-6-11;1-2/h2-6,9-10H,7-8H2,1H3;1-2H3. The average Bonchev–Trinajstić information content (AvgIpc) is 3.06. The zero-order valence-electron chi connectivity index (χ0n) is 14.0. The third-order valence-corrected chi connectivity index (χ3v) is 3.11. The highest BCUT2D eigenvalue weighted by Gasteiger charge is 2.13. The minimum atomic E-state index is -0.371. The fourth-order valence-corrected chi connectivity index (χ4v) is 2.01. The van der Waals surface area contributed by atoms with E-state index in [1.54, 1.807) is 4.57 Å². The van der Waals surface area contributed by atoms with Gasteiger partial charge >= 0.3 is 5.97 Å². The smallest absolute Gasteiger partial charge is 0.325 e. The van der Waals surface area contributed by atoms with Crippen molar-refractivity contribution >= 4 is 17.1 Å². The maximum absolute atomic E-state index is 11.4. The van der Waals surface area contributed by atoms with E-state index in [1.165, 1.54) is 19.8 Å². The molecule has 0 aliphatic heterocycles. The first kappa shape index (κ1) is 17.4. The van der Waals surface area contributed by atoms with Crippen LogP contribution in [0.2, 0.25) is 0 Å². The molecule has 2 aromatic heterocycles. The summed E-state index contributed by atoms with van der Waals surface area (Å²) >= 11 is 0. The molecule has 0 bridgehead atoms. The number of hydrogen-bond acceptors (Lipinski definition) is 6. The van der Waals surface area contributed by atoms with Crippen molar-refractivity contribution in [3.8, 4) is 5.88 Å². The lowest BCUT2D eigenvalue weighted by Crippen LogP contribution is -2.11. The summed E-state index contributed by atoms with van der Waals surface area (Å²) in [5, 5.41) is 0. The van der Waals surface area contributed by atoms with Crippen LogP contribution in [0.3, 0.4) is 0 Å². The van der Waals surface area contributed by atoms with E-state index in [0.29, 0.717) is 23.7 Å². The highest BCUT2D eigenvalue weighted by molar-refractivity contribution is 5.78. The van der Waals surface area contributed by atoms with Crippen LogP contribution in [0, 0.1) is 0 Å². The third kappa shape index (κ3) is 4.07. The van der Waals surface area contributed by atoms with Crippen LogP contribution in [-0.4, -0.2) is 32.6 Å². The highest BCUT2D eigenvalue weighted by Crippen LogP contribution is 2.20. The van der Waals surface area contributed by atoms with Crippen LogP contribution in [-0.2, 0) is 22.7 Å². The van der Waals surface area contributed by atoms with Gasteiger partial charge in [0.2, 0.25) is 5.88 Å². The molecule has 0 aliphatic rings. The summed E-state index contributed by atoms with van der Waals surface area (Å²) in [4.78, 5) is 23.9. The molecule has 3 rings (SSSR count). The molecule has 7 heteroatoms. The number of fused-ring (bicyclic) bond motifs is 1. The molecule has 0 radical (unpaired) electrons. The summed E-state index contributed by atoms with van der Waals surface area (Å²) in [6.45, 7) is 4.43. The molecular weight excluding hydrogens is 308 g/mol. The number of carbonyl (C=O) groups excluding carboxylic acids is 1. The van der Waals surface area contributed by atoms with Gasteiger partial charge in [0.1, 0.15) is 19.5 Å². The fraction of sp³-hybridized carbons (Fsp3) is 0.294. The molecule has 0 saturated carbocycles. The second kappa shape index (κ2) is 8.61. The monoisotopic (exact) mass is 328 g/mol. The van der Waals surface area contributed by atoms with E-state index in [2.05, 4.69) is 19.7 Å². The number of imidazole rings is 1. The second-order valence-electron chi connectivity index (χ2n) is 4.57. The van der Waals surface area contributed by atoms with Gasteiger partial charge in [-0.3, -0.25) is 4.79 Å². The molecule has 0 aliphatic carbocycles. The van der Waals surface area contributed by atoms with E-state index in [0.717, 1.165) is 5.56 Å². The third-order valence-electron chi connectivity index (χ3n) is 3.11. The van der Waals surface area contributed by atoms with Gasteiger partial charge in [0.25, 0.3) is 0 Å². The summed E-state index contributed by atoms with van der Waals surface area (Å²) in [6.07, 6.45) is 2.91. The lowest BCUT2D eigenvalue weighted by atomic mass is 10.2. The lowest BCUT2D eigenvalue weighted by Gasteiger charge is -2.06. The van der Waals surface area contributed by atoms with Gasteiger partial charge in [-0.1, -0.05) is 44.2 Å². The maximum atomic E-state index is 11.4. The van der Waals surface area contributed by atoms with Crippen molar-refractivity contribution in [2.24, 2.45) is 0 Å². The normalized spacial score (nSPS) is 9.96. The highest BCUT2D eigenvalue weighted by atomic mass is 16.5. The van der Waals surface area contributed by atoms with Crippen LogP contribution in [0.15, 0.2) is 43.0 Å². The maximum Gasteiger partial charge on any atom is 0.325 e. The molecular formula is C17H20N4O3. The zero-order chi connectivity index (χ0) is 17.4. The summed E-state index contributed by atoms with van der Waals surface area (Å²) in [5.74, 6) is 0.0159. The quantitative estimate of drug-likeness (QED) is 0.670. The van der Waals surface area contributed by atoms with Crippen LogP contribution in [0.4, 0.5) is 0 Å². The number of nitrogens with zero attached hydrogens (tertiary/aromatic N) is 4. The number of esters is 1. The zero-order valence-corrected chi connectivity index (χ0v) is 14.0. The Morgan fingerprint density at radius 2 is 1.88 bits per heavy atom. The first-order valence-electron chi connectivity index (χ1n) is 7.67. The predicted molar refractivity (Wildman–Crippen MR) is 89.5 cm³/mol. The lowest BCUT2D eigenvalue weighted by molar-refractivity contribution is -0.141. The molecule has 0 fully saturated rings. The van der Waals surface area contributed by atoms with Crippen LogP contribution < -0.4 is 4.74 Å². The molecule has 3 aromatic rings. The van der Waals surface area contributed by atoms with Crippen LogP contribution >= 0.6 is 0 Å². The fourth-order valence-electron chi connectivity index (χ4n) is 2.01. The molecule has 0 amide bonds. The molecule has 7 nitrogen and oxygen atoms in total. The Morgan fingerprint density at radius 1 is 1.12 bits per heavy atom. The predicted octanol–water partition coefficient (Wildman–Crippen LogP) is 2.60. The van der Waals surface area contributed by atoms with E-state index in [9.17, 15) is 4.79 Å². The summed E-state index contributed by atoms with van der Waals surface area (Å²) in [7, 11) is 1.34. The van der Waals surface area contributed by atoms with Crippen molar-refractivity contribution < 1.29 is 14.3 Å². The molecule has 0 spiro atoms. The van der Waals surface area contributed by atoms with Crippen LogP contribution in [0.25, 0.3) is 11.2 Å². The van der Waals surface area contributed by atoms with Crippen molar-refractivity contribution in [3.05, 3.63) is 48.5 Å². The summed E-state index contributed by atoms with van der Waals surface area (Å²) in [5.41, 5.74) is 2.08. The molecule has 2 heterocycles. The molecule has 1 aromatic carbocycles. The van der Waals surface area contributed by atoms with Gasteiger partial charge in [-0.15, -0.1) is 0 Å². The van der Waals surface area contributed by atoms with E-state index >= 15 is 0 Å². The van der Waals surface area contributed by atoms with Gasteiger partial charge in [-0.25, -0.2) is 9.97 Å². The summed E-state index contributed by atoms with van der Waals surface area (Å²) in [6, 6.07) is 9.77. The first-order chi connectivity index (χ1) is 11.8. The number of carbonyl (C=O) groups is 1. The van der Waals surface area contributed by atoms with Gasteiger partial charge in [0.15, 0.2) is 11.2 Å². The Hall–Kier alpha value is -2.96. The van der Waals surface area contributed by atoms with Gasteiger partial charge in [0.05, 0.1) is 13.4 Å². The topological polar surface area (TPSA) is 79.1 Å². The number of aromatic nitrogens is 4. The molecule has 126 valence electrons. The summed E-state index contributed by atoms with van der Waals surface area (Å²) < 4.78 is 11.9. The molecule has 24 heavy (non-hydrogen) atoms. The minimum Gasteiger partial charge on any atom is -0.471 e. The first-order valence-corrected chi connectivity index (χ1v) is 7.67. The van der Waals surface area contributed by atoms with Crippen LogP contribution in [0.5, 0.6) is 5.88 Å². The Morgan fingerprint density at radius 3 is 2.58 bits per heavy atom. The molecule has 0 N–H and O–H groups in total. The molecule has 0 saturated heterocycles. The largest absolute Gasteiger partial charge is 0.471 e.